The number of nitriles is 1. The standard InChI is InChI=1S/C22H16N2/c23-14-18-8-4-5-9-20(18)17-10-11-22-21(13-17)19(15-24-22)12-16-6-2-1-3-7-16/h1-11,13,15,24H,12H2. The van der Waals surface area contributed by atoms with E-state index in [4.69, 9.17) is 0 Å². The maximum atomic E-state index is 9.35. The van der Waals surface area contributed by atoms with Gasteiger partial charge >= 0.3 is 0 Å². The van der Waals surface area contributed by atoms with E-state index < -0.39 is 0 Å². The molecule has 114 valence electrons. The Kier molecular flexibility index (Phi) is 3.61. The lowest BCUT2D eigenvalue weighted by atomic mass is 9.97. The van der Waals surface area contributed by atoms with Gasteiger partial charge in [-0.25, -0.2) is 0 Å². The Labute approximate surface area is 141 Å². The van der Waals surface area contributed by atoms with Crippen LogP contribution in [0.15, 0.2) is 79.0 Å². The molecule has 0 aliphatic rings. The number of benzene rings is 3. The highest BCUT2D eigenvalue weighted by Gasteiger charge is 2.09. The highest BCUT2D eigenvalue weighted by atomic mass is 14.7. The van der Waals surface area contributed by atoms with Crippen molar-refractivity contribution < 1.29 is 0 Å². The molecule has 0 saturated heterocycles. The monoisotopic (exact) mass is 308 g/mol. The lowest BCUT2D eigenvalue weighted by molar-refractivity contribution is 1.21. The molecule has 2 nitrogen and oxygen atoms in total. The quantitative estimate of drug-likeness (QED) is 0.548. The molecule has 24 heavy (non-hydrogen) atoms. The first kappa shape index (κ1) is 14.3. The molecular formula is C22H16N2. The van der Waals surface area contributed by atoms with E-state index in [2.05, 4.69) is 59.7 Å². The summed E-state index contributed by atoms with van der Waals surface area (Å²) in [6.07, 6.45) is 2.97. The van der Waals surface area contributed by atoms with Crippen molar-refractivity contribution >= 4 is 10.9 Å². The predicted molar refractivity (Wildman–Crippen MR) is 97.7 cm³/mol. The van der Waals surface area contributed by atoms with Crippen LogP contribution in [0.5, 0.6) is 0 Å². The van der Waals surface area contributed by atoms with Crippen LogP contribution in [-0.2, 0) is 6.42 Å². The average Bonchev–Trinajstić information content (AvgIpc) is 3.04. The van der Waals surface area contributed by atoms with Gasteiger partial charge in [0.25, 0.3) is 0 Å². The molecule has 0 radical (unpaired) electrons. The molecule has 0 bridgehead atoms. The number of H-pyrrole nitrogens is 1. The SMILES string of the molecule is N#Cc1ccccc1-c1ccc2[nH]cc(Cc3ccccc3)c2c1. The van der Waals surface area contributed by atoms with Crippen LogP contribution in [-0.4, -0.2) is 4.98 Å². The summed E-state index contributed by atoms with van der Waals surface area (Å²) in [6, 6.07) is 26.8. The summed E-state index contributed by atoms with van der Waals surface area (Å²) in [7, 11) is 0. The number of aromatic amines is 1. The van der Waals surface area contributed by atoms with Crippen molar-refractivity contribution in [2.75, 3.05) is 0 Å². The second kappa shape index (κ2) is 6.06. The zero-order chi connectivity index (χ0) is 16.4. The minimum Gasteiger partial charge on any atom is -0.361 e. The van der Waals surface area contributed by atoms with Crippen molar-refractivity contribution in [1.29, 1.82) is 5.26 Å². The number of fused-ring (bicyclic) bond motifs is 1. The molecule has 0 aliphatic carbocycles. The van der Waals surface area contributed by atoms with E-state index in [1.165, 1.54) is 16.5 Å². The van der Waals surface area contributed by atoms with Gasteiger partial charge in [-0.05, 0) is 46.9 Å². The van der Waals surface area contributed by atoms with Gasteiger partial charge in [0, 0.05) is 17.1 Å². The maximum Gasteiger partial charge on any atom is 0.0998 e. The molecule has 3 aromatic carbocycles. The molecule has 0 fully saturated rings. The predicted octanol–water partition coefficient (Wildman–Crippen LogP) is 5.30. The lowest BCUT2D eigenvalue weighted by Crippen LogP contribution is -1.87. The van der Waals surface area contributed by atoms with Crippen LogP contribution >= 0.6 is 0 Å². The molecule has 0 saturated carbocycles. The van der Waals surface area contributed by atoms with E-state index in [0.29, 0.717) is 5.56 Å². The molecule has 0 spiro atoms. The average molecular weight is 308 g/mol. The van der Waals surface area contributed by atoms with Crippen molar-refractivity contribution in [1.82, 2.24) is 4.98 Å². The number of nitrogens with one attached hydrogen (secondary N) is 1. The topological polar surface area (TPSA) is 39.6 Å². The van der Waals surface area contributed by atoms with Crippen molar-refractivity contribution in [3.63, 3.8) is 0 Å². The minimum absolute atomic E-state index is 0.706. The van der Waals surface area contributed by atoms with Crippen LogP contribution in [0.1, 0.15) is 16.7 Å². The van der Waals surface area contributed by atoms with E-state index in [1.54, 1.807) is 0 Å². The molecule has 1 heterocycles. The molecule has 4 rings (SSSR count). The van der Waals surface area contributed by atoms with E-state index in [1.807, 2.05) is 30.3 Å². The van der Waals surface area contributed by atoms with Crippen LogP contribution < -0.4 is 0 Å². The molecule has 0 unspecified atom stereocenters. The van der Waals surface area contributed by atoms with Gasteiger partial charge in [-0.3, -0.25) is 0 Å². The summed E-state index contributed by atoms with van der Waals surface area (Å²) >= 11 is 0. The second-order valence-corrected chi connectivity index (χ2v) is 5.89. The Balaban J connectivity index is 1.80. The fraction of sp³-hybridized carbons (Fsp3) is 0.0455. The summed E-state index contributed by atoms with van der Waals surface area (Å²) in [5, 5.41) is 10.6. The normalized spacial score (nSPS) is 10.6. The summed E-state index contributed by atoms with van der Waals surface area (Å²) < 4.78 is 0. The Bertz CT molecular complexity index is 1040. The first-order valence-electron chi connectivity index (χ1n) is 7.98. The Hall–Kier alpha value is -3.31. The summed E-state index contributed by atoms with van der Waals surface area (Å²) in [4.78, 5) is 3.35. The third-order valence-electron chi connectivity index (χ3n) is 4.36. The van der Waals surface area contributed by atoms with Crippen LogP contribution in [0.4, 0.5) is 0 Å². The minimum atomic E-state index is 0.706. The smallest absolute Gasteiger partial charge is 0.0998 e. The fourth-order valence-electron chi connectivity index (χ4n) is 3.14. The molecule has 0 atom stereocenters. The Morgan fingerprint density at radius 3 is 2.50 bits per heavy atom. The van der Waals surface area contributed by atoms with Crippen LogP contribution in [0, 0.1) is 11.3 Å². The van der Waals surface area contributed by atoms with E-state index in [9.17, 15) is 5.26 Å². The van der Waals surface area contributed by atoms with Gasteiger partial charge in [-0.1, -0.05) is 54.6 Å². The maximum absolute atomic E-state index is 9.35. The van der Waals surface area contributed by atoms with Gasteiger partial charge in [0.15, 0.2) is 0 Å². The van der Waals surface area contributed by atoms with E-state index >= 15 is 0 Å². The van der Waals surface area contributed by atoms with Crippen molar-refractivity contribution in [3.05, 3.63) is 95.7 Å². The number of rotatable bonds is 3. The first-order chi connectivity index (χ1) is 11.8. The summed E-state index contributed by atoms with van der Waals surface area (Å²) in [5.74, 6) is 0. The molecular weight excluding hydrogens is 292 g/mol. The molecule has 0 aliphatic heterocycles. The molecule has 1 N–H and O–H groups in total. The Morgan fingerprint density at radius 1 is 0.875 bits per heavy atom. The van der Waals surface area contributed by atoms with Crippen LogP contribution in [0.25, 0.3) is 22.0 Å². The molecule has 1 aromatic heterocycles. The number of hydrogen-bond acceptors (Lipinski definition) is 1. The van der Waals surface area contributed by atoms with E-state index in [0.717, 1.165) is 23.1 Å². The van der Waals surface area contributed by atoms with Gasteiger partial charge in [-0.2, -0.15) is 5.26 Å². The summed E-state index contributed by atoms with van der Waals surface area (Å²) in [6.45, 7) is 0. The first-order valence-corrected chi connectivity index (χ1v) is 7.98. The number of aromatic nitrogens is 1. The zero-order valence-electron chi connectivity index (χ0n) is 13.2. The zero-order valence-corrected chi connectivity index (χ0v) is 13.2. The van der Waals surface area contributed by atoms with Crippen molar-refractivity contribution in [3.8, 4) is 17.2 Å². The van der Waals surface area contributed by atoms with Gasteiger partial charge in [0.2, 0.25) is 0 Å². The van der Waals surface area contributed by atoms with Crippen LogP contribution in [0.3, 0.4) is 0 Å². The fourth-order valence-corrected chi connectivity index (χ4v) is 3.14. The van der Waals surface area contributed by atoms with Crippen molar-refractivity contribution in [2.24, 2.45) is 0 Å². The second-order valence-electron chi connectivity index (χ2n) is 5.89. The Morgan fingerprint density at radius 2 is 1.67 bits per heavy atom. The molecule has 4 aromatic rings. The lowest BCUT2D eigenvalue weighted by Gasteiger charge is -2.06. The third-order valence-corrected chi connectivity index (χ3v) is 4.36. The molecule has 2 heteroatoms. The number of nitrogens with zero attached hydrogens (tertiary/aromatic N) is 1. The van der Waals surface area contributed by atoms with E-state index in [-0.39, 0.29) is 0 Å². The van der Waals surface area contributed by atoms with Gasteiger partial charge in [0.05, 0.1) is 11.6 Å². The largest absolute Gasteiger partial charge is 0.361 e. The van der Waals surface area contributed by atoms with Gasteiger partial charge in [-0.15, -0.1) is 0 Å². The highest BCUT2D eigenvalue weighted by molar-refractivity contribution is 5.89. The summed E-state index contributed by atoms with van der Waals surface area (Å²) in [5.41, 5.74) is 6.45. The van der Waals surface area contributed by atoms with Gasteiger partial charge in [0.1, 0.15) is 0 Å². The number of hydrogen-bond donors (Lipinski definition) is 1. The molecule has 0 amide bonds. The van der Waals surface area contributed by atoms with Gasteiger partial charge < -0.3 is 4.98 Å². The highest BCUT2D eigenvalue weighted by Crippen LogP contribution is 2.29. The van der Waals surface area contributed by atoms with Crippen molar-refractivity contribution in [2.45, 2.75) is 6.42 Å². The van der Waals surface area contributed by atoms with Crippen LogP contribution in [0.2, 0.25) is 0 Å². The third kappa shape index (κ3) is 2.57.